The predicted octanol–water partition coefficient (Wildman–Crippen LogP) is -5.09. The molecule has 0 atom stereocenters. The van der Waals surface area contributed by atoms with E-state index < -0.39 is 52.6 Å². The summed E-state index contributed by atoms with van der Waals surface area (Å²) in [6, 6.07) is 1.15. The number of hydrogen-bond acceptors (Lipinski definition) is 9. The number of hydrogen-bond donors (Lipinski definition) is 3. The van der Waals surface area contributed by atoms with Crippen molar-refractivity contribution >= 4 is 17.9 Å². The molecule has 0 spiro atoms. The summed E-state index contributed by atoms with van der Waals surface area (Å²) >= 11 is 0. The molecule has 1 aromatic carbocycles. The van der Waals surface area contributed by atoms with Crippen LogP contribution in [0.5, 0.6) is 0 Å². The molecule has 1 aromatic rings. The Bertz CT molecular complexity index is 588. The number of aliphatic hydroxyl groups excluding tert-OH is 1. The van der Waals surface area contributed by atoms with E-state index in [1.54, 1.807) is 0 Å². The van der Waals surface area contributed by atoms with Gasteiger partial charge >= 0.3 is 0 Å². The predicted molar refractivity (Wildman–Crippen MR) is 52.6 cm³/mol. The van der Waals surface area contributed by atoms with Gasteiger partial charge in [0.2, 0.25) is 5.79 Å². The van der Waals surface area contributed by atoms with Crippen molar-refractivity contribution in [1.29, 1.82) is 0 Å². The molecule has 0 aliphatic carbocycles. The van der Waals surface area contributed by atoms with Crippen LogP contribution in [0, 0.1) is 0 Å². The first-order valence-electron chi connectivity index (χ1n) is 5.00. The summed E-state index contributed by atoms with van der Waals surface area (Å²) in [5, 5.41) is 60.3. The van der Waals surface area contributed by atoms with Crippen LogP contribution < -0.4 is 15.3 Å². The lowest BCUT2D eigenvalue weighted by Gasteiger charge is -2.28. The van der Waals surface area contributed by atoms with Crippen molar-refractivity contribution in [3.8, 4) is 0 Å². The monoisotopic (exact) mass is 283 g/mol. The van der Waals surface area contributed by atoms with E-state index in [9.17, 15) is 39.9 Å². The van der Waals surface area contributed by atoms with Gasteiger partial charge in [-0.3, -0.25) is 0 Å². The molecule has 0 aliphatic rings. The fraction of sp³-hybridized carbons (Fsp3) is 0.182. The van der Waals surface area contributed by atoms with Gasteiger partial charge < -0.3 is 45.0 Å². The Morgan fingerprint density at radius 3 is 1.75 bits per heavy atom. The van der Waals surface area contributed by atoms with Gasteiger partial charge in [0.25, 0.3) is 0 Å². The molecule has 0 amide bonds. The molecular weight excluding hydrogens is 276 g/mol. The Morgan fingerprint density at radius 1 is 0.950 bits per heavy atom. The Kier molecular flexibility index (Phi) is 4.08. The van der Waals surface area contributed by atoms with Crippen LogP contribution in [0.3, 0.4) is 0 Å². The van der Waals surface area contributed by atoms with Crippen LogP contribution in [0.1, 0.15) is 36.6 Å². The second-order valence-corrected chi connectivity index (χ2v) is 3.75. The molecule has 1 rings (SSSR count). The van der Waals surface area contributed by atoms with Crippen LogP contribution in [0.25, 0.3) is 0 Å². The maximum atomic E-state index is 11.0. The first-order chi connectivity index (χ1) is 9.13. The summed E-state index contributed by atoms with van der Waals surface area (Å²) in [4.78, 5) is 32.6. The van der Waals surface area contributed by atoms with E-state index in [4.69, 9.17) is 5.11 Å². The lowest BCUT2D eigenvalue weighted by Crippen LogP contribution is -2.40. The van der Waals surface area contributed by atoms with Crippen molar-refractivity contribution in [3.05, 3.63) is 34.4 Å². The highest BCUT2D eigenvalue weighted by Gasteiger charge is 2.33. The number of rotatable bonds is 5. The van der Waals surface area contributed by atoms with Gasteiger partial charge in [-0.25, -0.2) is 0 Å². The number of aromatic carboxylic acids is 3. The molecule has 0 heterocycles. The standard InChI is InChI=1S/C11H10O9/c12-3-11(19,20)7-5(9(15)16)2-1-4(8(13)14)6(7)10(17)18/h1-2,12,19-20H,3H2,(H,13,14)(H,15,16)(H,17,18)/p-3. The van der Waals surface area contributed by atoms with Crippen LogP contribution in [0.2, 0.25) is 0 Å². The number of carbonyl (C=O) groups excluding carboxylic acids is 3. The van der Waals surface area contributed by atoms with Gasteiger partial charge in [-0.2, -0.15) is 0 Å². The van der Waals surface area contributed by atoms with Crippen LogP contribution in [-0.4, -0.2) is 39.8 Å². The van der Waals surface area contributed by atoms with Gasteiger partial charge in [0.1, 0.15) is 6.61 Å². The minimum Gasteiger partial charge on any atom is -0.545 e. The minimum atomic E-state index is -3.32. The lowest BCUT2D eigenvalue weighted by molar-refractivity contribution is -0.261. The molecule has 3 N–H and O–H groups in total. The number of benzene rings is 1. The zero-order valence-corrected chi connectivity index (χ0v) is 9.65. The summed E-state index contributed by atoms with van der Waals surface area (Å²) in [7, 11) is 0. The third kappa shape index (κ3) is 2.59. The zero-order chi connectivity index (χ0) is 15.7. The van der Waals surface area contributed by atoms with E-state index >= 15 is 0 Å². The zero-order valence-electron chi connectivity index (χ0n) is 9.65. The van der Waals surface area contributed by atoms with E-state index in [-0.39, 0.29) is 0 Å². The van der Waals surface area contributed by atoms with Crippen molar-refractivity contribution in [3.63, 3.8) is 0 Å². The molecule has 0 unspecified atom stereocenters. The molecule has 0 radical (unpaired) electrons. The third-order valence-corrected chi connectivity index (χ3v) is 2.47. The number of aliphatic hydroxyl groups is 3. The van der Waals surface area contributed by atoms with Crippen molar-refractivity contribution in [2.45, 2.75) is 5.79 Å². The van der Waals surface area contributed by atoms with E-state index in [0.717, 1.165) is 0 Å². The number of carboxylic acids is 3. The summed E-state index contributed by atoms with van der Waals surface area (Å²) < 4.78 is 0. The number of carboxylic acid groups (broad SMARTS) is 3. The minimum absolute atomic E-state index is 0.572. The van der Waals surface area contributed by atoms with Gasteiger partial charge in [0.15, 0.2) is 0 Å². The van der Waals surface area contributed by atoms with E-state index in [1.807, 2.05) is 0 Å². The van der Waals surface area contributed by atoms with Crippen molar-refractivity contribution in [2.24, 2.45) is 0 Å². The fourth-order valence-corrected chi connectivity index (χ4v) is 1.65. The fourth-order valence-electron chi connectivity index (χ4n) is 1.65. The highest BCUT2D eigenvalue weighted by molar-refractivity contribution is 6.04. The van der Waals surface area contributed by atoms with Crippen LogP contribution in [0.4, 0.5) is 0 Å². The first kappa shape index (κ1) is 15.6. The topological polar surface area (TPSA) is 181 Å². The molecule has 0 fully saturated rings. The van der Waals surface area contributed by atoms with Crippen molar-refractivity contribution in [2.75, 3.05) is 6.61 Å². The molecule has 0 saturated heterocycles. The van der Waals surface area contributed by atoms with Gasteiger partial charge in [-0.15, -0.1) is 0 Å². The molecule has 20 heavy (non-hydrogen) atoms. The third-order valence-electron chi connectivity index (χ3n) is 2.47. The van der Waals surface area contributed by atoms with Gasteiger partial charge in [-0.05, 0) is 0 Å². The molecule has 0 aliphatic heterocycles. The lowest BCUT2D eigenvalue weighted by atomic mass is 9.90. The van der Waals surface area contributed by atoms with Crippen LogP contribution in [-0.2, 0) is 5.79 Å². The Morgan fingerprint density at radius 2 is 1.40 bits per heavy atom. The average Bonchev–Trinajstić information content (AvgIpc) is 2.36. The van der Waals surface area contributed by atoms with E-state index in [2.05, 4.69) is 0 Å². The molecule has 0 bridgehead atoms. The van der Waals surface area contributed by atoms with Gasteiger partial charge in [-0.1, -0.05) is 12.1 Å². The first-order valence-corrected chi connectivity index (χ1v) is 5.00. The Labute approximate surface area is 111 Å². The van der Waals surface area contributed by atoms with E-state index in [1.165, 1.54) is 0 Å². The maximum Gasteiger partial charge on any atom is 0.215 e. The van der Waals surface area contributed by atoms with Crippen molar-refractivity contribution in [1.82, 2.24) is 0 Å². The summed E-state index contributed by atoms with van der Waals surface area (Å²) in [5.41, 5.74) is -4.65. The second kappa shape index (κ2) is 5.25. The summed E-state index contributed by atoms with van der Waals surface area (Å²) in [5.74, 6) is -9.53. The Hall–Kier alpha value is -2.49. The summed E-state index contributed by atoms with van der Waals surface area (Å²) in [6.45, 7) is -1.50. The molecule has 9 heteroatoms. The van der Waals surface area contributed by atoms with E-state index in [0.29, 0.717) is 12.1 Å². The highest BCUT2D eigenvalue weighted by atomic mass is 16.5. The molecular formula is C11H7O9-3. The largest absolute Gasteiger partial charge is 0.545 e. The smallest absolute Gasteiger partial charge is 0.215 e. The highest BCUT2D eigenvalue weighted by Crippen LogP contribution is 2.28. The normalized spacial score (nSPS) is 11.2. The van der Waals surface area contributed by atoms with Crippen LogP contribution in [0.15, 0.2) is 12.1 Å². The Balaban J connectivity index is 3.89. The van der Waals surface area contributed by atoms with Crippen molar-refractivity contribution < 1.29 is 45.0 Å². The molecule has 108 valence electrons. The molecule has 0 aromatic heterocycles. The molecule has 9 nitrogen and oxygen atoms in total. The van der Waals surface area contributed by atoms with Crippen LogP contribution >= 0.6 is 0 Å². The average molecular weight is 283 g/mol. The summed E-state index contributed by atoms with van der Waals surface area (Å²) in [6.07, 6.45) is 0. The molecule has 0 saturated carbocycles. The van der Waals surface area contributed by atoms with Gasteiger partial charge in [0, 0.05) is 22.3 Å². The SMILES string of the molecule is O=C([O-])c1ccc(C(=O)[O-])c(C(O)(O)CO)c1C(=O)[O-]. The number of carbonyl (C=O) groups is 3. The quantitative estimate of drug-likeness (QED) is 0.445. The second-order valence-electron chi connectivity index (χ2n) is 3.75. The van der Waals surface area contributed by atoms with Gasteiger partial charge in [0.05, 0.1) is 17.9 Å². The maximum absolute atomic E-state index is 11.0.